The van der Waals surface area contributed by atoms with Crippen LogP contribution in [0.4, 0.5) is 0 Å². The van der Waals surface area contributed by atoms with E-state index in [0.29, 0.717) is 0 Å². The molecule has 100 valence electrons. The van der Waals surface area contributed by atoms with E-state index in [-0.39, 0.29) is 11.8 Å². The van der Waals surface area contributed by atoms with Crippen LogP contribution in [0.2, 0.25) is 0 Å². The van der Waals surface area contributed by atoms with E-state index < -0.39 is 0 Å². The van der Waals surface area contributed by atoms with Gasteiger partial charge in [-0.25, -0.2) is 0 Å². The first-order chi connectivity index (χ1) is 9.34. The zero-order chi connectivity index (χ0) is 13.1. The van der Waals surface area contributed by atoms with E-state index >= 15 is 0 Å². The maximum absolute atomic E-state index is 11.9. The zero-order valence-corrected chi connectivity index (χ0v) is 11.6. The summed E-state index contributed by atoms with van der Waals surface area (Å²) in [5, 5.41) is 9.80. The van der Waals surface area contributed by atoms with E-state index in [1.807, 2.05) is 0 Å². The fourth-order valence-electron chi connectivity index (χ4n) is 2.57. The Morgan fingerprint density at radius 2 is 2.32 bits per heavy atom. The molecular formula is C15H18N2OS. The summed E-state index contributed by atoms with van der Waals surface area (Å²) in [7, 11) is 0. The van der Waals surface area contributed by atoms with Crippen LogP contribution in [-0.2, 0) is 11.2 Å². The van der Waals surface area contributed by atoms with E-state index in [0.717, 1.165) is 32.5 Å². The minimum Gasteiger partial charge on any atom is -0.355 e. The van der Waals surface area contributed by atoms with Crippen molar-refractivity contribution < 1.29 is 4.79 Å². The summed E-state index contributed by atoms with van der Waals surface area (Å²) in [6.45, 7) is 2.52. The predicted octanol–water partition coefficient (Wildman–Crippen LogP) is 2.17. The fraction of sp³-hybridized carbons (Fsp3) is 0.400. The highest BCUT2D eigenvalue weighted by Gasteiger charge is 2.21. The molecule has 1 aromatic carbocycles. The normalized spacial score (nSPS) is 18.8. The molecular weight excluding hydrogens is 256 g/mol. The van der Waals surface area contributed by atoms with Crippen molar-refractivity contribution in [3.05, 3.63) is 35.2 Å². The first-order valence-electron chi connectivity index (χ1n) is 6.78. The minimum absolute atomic E-state index is 0.166. The smallest absolute Gasteiger partial charge is 0.224 e. The van der Waals surface area contributed by atoms with Crippen LogP contribution in [-0.4, -0.2) is 25.5 Å². The van der Waals surface area contributed by atoms with Gasteiger partial charge >= 0.3 is 0 Å². The SMILES string of the molecule is O=C(NCCc1csc2ccccc12)C1CCNC1. The molecule has 0 radical (unpaired) electrons. The monoisotopic (exact) mass is 274 g/mol. The highest BCUT2D eigenvalue weighted by molar-refractivity contribution is 7.17. The maximum atomic E-state index is 11.9. The lowest BCUT2D eigenvalue weighted by Crippen LogP contribution is -2.33. The van der Waals surface area contributed by atoms with Crippen molar-refractivity contribution in [1.82, 2.24) is 10.6 Å². The topological polar surface area (TPSA) is 41.1 Å². The van der Waals surface area contributed by atoms with Crippen LogP contribution in [0.15, 0.2) is 29.6 Å². The average molecular weight is 274 g/mol. The number of nitrogens with one attached hydrogen (secondary N) is 2. The van der Waals surface area contributed by atoms with Crippen molar-refractivity contribution in [2.24, 2.45) is 5.92 Å². The van der Waals surface area contributed by atoms with Gasteiger partial charge in [0, 0.05) is 17.8 Å². The van der Waals surface area contributed by atoms with Crippen molar-refractivity contribution in [2.45, 2.75) is 12.8 Å². The Balaban J connectivity index is 1.56. The van der Waals surface area contributed by atoms with Gasteiger partial charge < -0.3 is 10.6 Å². The number of hydrogen-bond donors (Lipinski definition) is 2. The van der Waals surface area contributed by atoms with Gasteiger partial charge in [0.25, 0.3) is 0 Å². The van der Waals surface area contributed by atoms with Crippen LogP contribution in [0.5, 0.6) is 0 Å². The Bertz CT molecular complexity index is 572. The van der Waals surface area contributed by atoms with Gasteiger partial charge in [-0.15, -0.1) is 11.3 Å². The Labute approximate surface area is 117 Å². The second kappa shape index (κ2) is 5.72. The van der Waals surface area contributed by atoms with Gasteiger partial charge in [-0.3, -0.25) is 4.79 Å². The molecule has 1 aromatic heterocycles. The molecule has 19 heavy (non-hydrogen) atoms. The number of hydrogen-bond acceptors (Lipinski definition) is 3. The van der Waals surface area contributed by atoms with Crippen molar-refractivity contribution in [3.8, 4) is 0 Å². The van der Waals surface area contributed by atoms with E-state index in [2.05, 4.69) is 40.3 Å². The molecule has 0 saturated carbocycles. The number of carbonyl (C=O) groups excluding carboxylic acids is 1. The Morgan fingerprint density at radius 3 is 3.16 bits per heavy atom. The number of carbonyl (C=O) groups is 1. The van der Waals surface area contributed by atoms with E-state index in [1.165, 1.54) is 15.6 Å². The molecule has 1 atom stereocenters. The molecule has 2 N–H and O–H groups in total. The van der Waals surface area contributed by atoms with Gasteiger partial charge in [-0.05, 0) is 41.8 Å². The van der Waals surface area contributed by atoms with Crippen LogP contribution in [0.25, 0.3) is 10.1 Å². The summed E-state index contributed by atoms with van der Waals surface area (Å²) < 4.78 is 1.32. The van der Waals surface area contributed by atoms with Gasteiger partial charge in [0.15, 0.2) is 0 Å². The molecule has 0 bridgehead atoms. The lowest BCUT2D eigenvalue weighted by atomic mass is 10.1. The minimum atomic E-state index is 0.166. The van der Waals surface area contributed by atoms with Crippen LogP contribution in [0.3, 0.4) is 0 Å². The van der Waals surface area contributed by atoms with E-state index in [1.54, 1.807) is 11.3 Å². The van der Waals surface area contributed by atoms with Gasteiger partial charge in [0.2, 0.25) is 5.91 Å². The van der Waals surface area contributed by atoms with Gasteiger partial charge in [0.1, 0.15) is 0 Å². The quantitative estimate of drug-likeness (QED) is 0.897. The van der Waals surface area contributed by atoms with Crippen molar-refractivity contribution in [2.75, 3.05) is 19.6 Å². The molecule has 3 rings (SSSR count). The van der Waals surface area contributed by atoms with Crippen LogP contribution >= 0.6 is 11.3 Å². The molecule has 1 unspecified atom stereocenters. The first-order valence-corrected chi connectivity index (χ1v) is 7.66. The molecule has 1 aliphatic rings. The first kappa shape index (κ1) is 12.6. The maximum Gasteiger partial charge on any atom is 0.224 e. The average Bonchev–Trinajstić information content (AvgIpc) is 3.08. The third kappa shape index (κ3) is 2.80. The zero-order valence-electron chi connectivity index (χ0n) is 10.8. The summed E-state index contributed by atoms with van der Waals surface area (Å²) in [6.07, 6.45) is 1.88. The predicted molar refractivity (Wildman–Crippen MR) is 79.5 cm³/mol. The molecule has 0 aliphatic carbocycles. The number of fused-ring (bicyclic) bond motifs is 1. The Morgan fingerprint density at radius 1 is 1.42 bits per heavy atom. The molecule has 2 heterocycles. The molecule has 1 amide bonds. The second-order valence-electron chi connectivity index (χ2n) is 4.99. The number of rotatable bonds is 4. The molecule has 3 nitrogen and oxygen atoms in total. The Hall–Kier alpha value is -1.39. The number of amides is 1. The molecule has 1 fully saturated rings. The summed E-state index contributed by atoms with van der Waals surface area (Å²) in [4.78, 5) is 11.9. The molecule has 1 aliphatic heterocycles. The second-order valence-corrected chi connectivity index (χ2v) is 5.90. The number of benzene rings is 1. The molecule has 2 aromatic rings. The third-order valence-electron chi connectivity index (χ3n) is 3.69. The van der Waals surface area contributed by atoms with Crippen LogP contribution < -0.4 is 10.6 Å². The lowest BCUT2D eigenvalue weighted by Gasteiger charge is -2.09. The van der Waals surface area contributed by atoms with Gasteiger partial charge in [0.05, 0.1) is 5.92 Å². The fourth-order valence-corrected chi connectivity index (χ4v) is 3.57. The Kier molecular flexibility index (Phi) is 3.80. The van der Waals surface area contributed by atoms with Crippen LogP contribution in [0.1, 0.15) is 12.0 Å². The number of thiophene rings is 1. The van der Waals surface area contributed by atoms with Gasteiger partial charge in [-0.1, -0.05) is 18.2 Å². The molecule has 1 saturated heterocycles. The third-order valence-corrected chi connectivity index (χ3v) is 4.70. The van der Waals surface area contributed by atoms with E-state index in [4.69, 9.17) is 0 Å². The lowest BCUT2D eigenvalue weighted by molar-refractivity contribution is -0.124. The molecule has 0 spiro atoms. The van der Waals surface area contributed by atoms with Crippen molar-refractivity contribution in [3.63, 3.8) is 0 Å². The summed E-state index contributed by atoms with van der Waals surface area (Å²) in [6, 6.07) is 8.44. The molecule has 4 heteroatoms. The highest BCUT2D eigenvalue weighted by atomic mass is 32.1. The summed E-state index contributed by atoms with van der Waals surface area (Å²) in [5.41, 5.74) is 1.34. The highest BCUT2D eigenvalue weighted by Crippen LogP contribution is 2.25. The van der Waals surface area contributed by atoms with E-state index in [9.17, 15) is 4.79 Å². The van der Waals surface area contributed by atoms with Crippen LogP contribution in [0, 0.1) is 5.92 Å². The van der Waals surface area contributed by atoms with Gasteiger partial charge in [-0.2, -0.15) is 0 Å². The standard InChI is InChI=1S/C15H18N2OS/c18-15(11-5-7-16-9-11)17-8-6-12-10-19-14-4-2-1-3-13(12)14/h1-4,10-11,16H,5-9H2,(H,17,18). The summed E-state index contributed by atoms with van der Waals surface area (Å²) in [5.74, 6) is 0.365. The summed E-state index contributed by atoms with van der Waals surface area (Å²) >= 11 is 1.78. The van der Waals surface area contributed by atoms with Crippen molar-refractivity contribution >= 4 is 27.3 Å². The van der Waals surface area contributed by atoms with Crippen molar-refractivity contribution in [1.29, 1.82) is 0 Å². The largest absolute Gasteiger partial charge is 0.355 e.